The largest absolute Gasteiger partial charge is 0.373 e. The van der Waals surface area contributed by atoms with E-state index in [1.54, 1.807) is 7.05 Å². The summed E-state index contributed by atoms with van der Waals surface area (Å²) in [4.78, 5) is 0. The van der Waals surface area contributed by atoms with E-state index in [0.717, 1.165) is 19.3 Å². The van der Waals surface area contributed by atoms with Crippen molar-refractivity contribution in [1.29, 1.82) is 0 Å². The summed E-state index contributed by atoms with van der Waals surface area (Å²) in [5, 5.41) is 2.97. The smallest absolute Gasteiger partial charge is 0.330 e. The van der Waals surface area contributed by atoms with Crippen LogP contribution in [0.4, 0.5) is 17.6 Å². The van der Waals surface area contributed by atoms with E-state index >= 15 is 0 Å². The number of unbranched alkanes of at least 4 members (excludes halogenated alkanes) is 6. The zero-order chi connectivity index (χ0) is 16.1. The summed E-state index contributed by atoms with van der Waals surface area (Å²) < 4.78 is 53.9. The molecule has 128 valence electrons. The van der Waals surface area contributed by atoms with Gasteiger partial charge in [0.05, 0.1) is 6.61 Å². The predicted molar refractivity (Wildman–Crippen MR) is 77.2 cm³/mol. The van der Waals surface area contributed by atoms with Crippen LogP contribution >= 0.6 is 0 Å². The molecule has 0 heterocycles. The summed E-state index contributed by atoms with van der Waals surface area (Å²) in [7, 11) is 1.72. The molecule has 0 aromatic heterocycles. The van der Waals surface area contributed by atoms with Gasteiger partial charge < -0.3 is 10.1 Å². The van der Waals surface area contributed by atoms with Crippen LogP contribution in [0.15, 0.2) is 0 Å². The van der Waals surface area contributed by atoms with E-state index < -0.39 is 19.0 Å². The molecule has 1 unspecified atom stereocenters. The van der Waals surface area contributed by atoms with E-state index in [9.17, 15) is 17.6 Å². The average molecular weight is 315 g/mol. The molecule has 0 aromatic rings. The highest BCUT2D eigenvalue weighted by atomic mass is 19.3. The summed E-state index contributed by atoms with van der Waals surface area (Å²) in [6, 6.07) is -0.0610. The maximum absolute atomic E-state index is 12.7. The van der Waals surface area contributed by atoms with Crippen LogP contribution < -0.4 is 5.32 Å². The summed E-state index contributed by atoms with van der Waals surface area (Å²) in [6.07, 6.45) is 5.40. The van der Waals surface area contributed by atoms with Gasteiger partial charge in [-0.3, -0.25) is 0 Å². The molecule has 1 atom stereocenters. The van der Waals surface area contributed by atoms with Crippen LogP contribution in [0.3, 0.4) is 0 Å². The summed E-state index contributed by atoms with van der Waals surface area (Å²) in [5.74, 6) is -4.06. The highest BCUT2D eigenvalue weighted by Gasteiger charge is 2.41. The number of alkyl halides is 4. The van der Waals surface area contributed by atoms with Crippen LogP contribution in [-0.4, -0.2) is 38.7 Å². The van der Waals surface area contributed by atoms with E-state index in [0.29, 0.717) is 0 Å². The lowest BCUT2D eigenvalue weighted by Crippen LogP contribution is -2.36. The Labute approximate surface area is 125 Å². The molecule has 0 aliphatic heterocycles. The van der Waals surface area contributed by atoms with Crippen molar-refractivity contribution in [3.05, 3.63) is 0 Å². The molecule has 1 N–H and O–H groups in total. The highest BCUT2D eigenvalue weighted by Crippen LogP contribution is 2.23. The number of likely N-dealkylation sites (N-methyl/N-ethyl adjacent to an activating group) is 1. The Hall–Kier alpha value is -0.360. The van der Waals surface area contributed by atoms with E-state index in [1.165, 1.54) is 32.1 Å². The first-order valence-corrected chi connectivity index (χ1v) is 7.85. The van der Waals surface area contributed by atoms with Crippen molar-refractivity contribution >= 4 is 0 Å². The van der Waals surface area contributed by atoms with E-state index in [1.807, 2.05) is 0 Å². The molecule has 0 saturated carbocycles. The van der Waals surface area contributed by atoms with Crippen molar-refractivity contribution in [1.82, 2.24) is 5.32 Å². The van der Waals surface area contributed by atoms with Gasteiger partial charge in [-0.05, 0) is 13.5 Å². The zero-order valence-electron chi connectivity index (χ0n) is 13.1. The second kappa shape index (κ2) is 12.2. The van der Waals surface area contributed by atoms with Crippen LogP contribution in [0, 0.1) is 0 Å². The molecule has 21 heavy (non-hydrogen) atoms. The van der Waals surface area contributed by atoms with Crippen molar-refractivity contribution in [3.8, 4) is 0 Å². The van der Waals surface area contributed by atoms with E-state index in [-0.39, 0.29) is 12.6 Å². The fourth-order valence-corrected chi connectivity index (χ4v) is 2.06. The van der Waals surface area contributed by atoms with Crippen LogP contribution in [0.25, 0.3) is 0 Å². The van der Waals surface area contributed by atoms with Gasteiger partial charge in [0.15, 0.2) is 0 Å². The zero-order valence-corrected chi connectivity index (χ0v) is 13.1. The maximum Gasteiger partial charge on any atom is 0.330 e. The van der Waals surface area contributed by atoms with Crippen molar-refractivity contribution in [2.75, 3.05) is 20.3 Å². The highest BCUT2D eigenvalue weighted by molar-refractivity contribution is 4.70. The normalized spacial score (nSPS) is 13.9. The second-order valence-corrected chi connectivity index (χ2v) is 5.47. The number of rotatable bonds is 14. The van der Waals surface area contributed by atoms with Gasteiger partial charge in [0, 0.05) is 6.04 Å². The molecule has 6 heteroatoms. The monoisotopic (exact) mass is 315 g/mol. The number of hydrogen-bond donors (Lipinski definition) is 1. The average Bonchev–Trinajstić information content (AvgIpc) is 2.44. The van der Waals surface area contributed by atoms with E-state index in [4.69, 9.17) is 4.74 Å². The number of halogens is 4. The molecule has 0 aliphatic carbocycles. The molecule has 0 saturated heterocycles. The topological polar surface area (TPSA) is 21.3 Å². The fraction of sp³-hybridized carbons (Fsp3) is 1.00. The van der Waals surface area contributed by atoms with Crippen molar-refractivity contribution in [2.45, 2.75) is 76.7 Å². The van der Waals surface area contributed by atoms with Gasteiger partial charge in [-0.15, -0.1) is 0 Å². The van der Waals surface area contributed by atoms with Crippen molar-refractivity contribution in [3.63, 3.8) is 0 Å². The van der Waals surface area contributed by atoms with Crippen LogP contribution in [-0.2, 0) is 4.74 Å². The van der Waals surface area contributed by atoms with Gasteiger partial charge in [-0.2, -0.15) is 8.78 Å². The van der Waals surface area contributed by atoms with Gasteiger partial charge in [0.1, 0.15) is 6.61 Å². The Morgan fingerprint density at radius 2 is 1.57 bits per heavy atom. The first kappa shape index (κ1) is 20.6. The minimum Gasteiger partial charge on any atom is -0.373 e. The first-order chi connectivity index (χ1) is 9.94. The van der Waals surface area contributed by atoms with Gasteiger partial charge in [0.2, 0.25) is 0 Å². The van der Waals surface area contributed by atoms with Gasteiger partial charge in [-0.25, -0.2) is 8.78 Å². The van der Waals surface area contributed by atoms with Gasteiger partial charge in [-0.1, -0.05) is 51.9 Å². The van der Waals surface area contributed by atoms with Crippen LogP contribution in [0.1, 0.15) is 58.3 Å². The lowest BCUT2D eigenvalue weighted by Gasteiger charge is -2.19. The summed E-state index contributed by atoms with van der Waals surface area (Å²) in [6.45, 7) is 0.990. The Bertz CT molecular complexity index is 240. The molecule has 0 radical (unpaired) electrons. The molecule has 0 rings (SSSR count). The third-order valence-corrected chi connectivity index (χ3v) is 3.50. The minimum atomic E-state index is -4.06. The van der Waals surface area contributed by atoms with Crippen molar-refractivity contribution in [2.24, 2.45) is 0 Å². The lowest BCUT2D eigenvalue weighted by atomic mass is 10.1. The molecular formula is C15H29F4NO. The Balaban J connectivity index is 3.63. The number of ether oxygens (including phenoxy) is 1. The lowest BCUT2D eigenvalue weighted by molar-refractivity contribution is -0.167. The number of nitrogens with one attached hydrogen (secondary N) is 1. The summed E-state index contributed by atoms with van der Waals surface area (Å²) in [5.41, 5.74) is 0. The minimum absolute atomic E-state index is 0.0364. The Morgan fingerprint density at radius 1 is 1.00 bits per heavy atom. The van der Waals surface area contributed by atoms with Gasteiger partial charge >= 0.3 is 12.3 Å². The van der Waals surface area contributed by atoms with Crippen LogP contribution in [0.5, 0.6) is 0 Å². The standard InChI is InChI=1S/C15H29F4NO/c1-3-4-5-6-7-8-9-10-13(20-2)11-21-12-15(18,19)14(16)17/h13-14,20H,3-12H2,1-2H3. The molecular weight excluding hydrogens is 286 g/mol. The maximum atomic E-state index is 12.7. The fourth-order valence-electron chi connectivity index (χ4n) is 2.06. The Kier molecular flexibility index (Phi) is 12.0. The Morgan fingerprint density at radius 3 is 2.10 bits per heavy atom. The molecule has 2 nitrogen and oxygen atoms in total. The molecule has 0 amide bonds. The third kappa shape index (κ3) is 10.9. The van der Waals surface area contributed by atoms with Crippen molar-refractivity contribution < 1.29 is 22.3 Å². The molecule has 0 aliphatic rings. The molecule has 0 spiro atoms. The molecule has 0 bridgehead atoms. The number of hydrogen-bond acceptors (Lipinski definition) is 2. The predicted octanol–water partition coefficient (Wildman–Crippen LogP) is 4.63. The molecule has 0 fully saturated rings. The second-order valence-electron chi connectivity index (χ2n) is 5.47. The summed E-state index contributed by atoms with van der Waals surface area (Å²) >= 11 is 0. The van der Waals surface area contributed by atoms with E-state index in [2.05, 4.69) is 12.2 Å². The van der Waals surface area contributed by atoms with Gasteiger partial charge in [0.25, 0.3) is 0 Å². The first-order valence-electron chi connectivity index (χ1n) is 7.85. The SMILES string of the molecule is CCCCCCCCCC(COCC(F)(F)C(F)F)NC. The van der Waals surface area contributed by atoms with Crippen LogP contribution in [0.2, 0.25) is 0 Å². The molecule has 0 aromatic carbocycles. The quantitative estimate of drug-likeness (QED) is 0.373. The third-order valence-electron chi connectivity index (χ3n) is 3.50.